The van der Waals surface area contributed by atoms with Crippen molar-refractivity contribution in [3.8, 4) is 5.69 Å². The number of aromatic nitrogens is 3. The van der Waals surface area contributed by atoms with Crippen molar-refractivity contribution in [1.29, 1.82) is 0 Å². The third kappa shape index (κ3) is 4.50. The molecule has 7 nitrogen and oxygen atoms in total. The molecule has 0 atom stereocenters. The van der Waals surface area contributed by atoms with Gasteiger partial charge in [0.1, 0.15) is 5.76 Å². The van der Waals surface area contributed by atoms with E-state index in [1.807, 2.05) is 49.8 Å². The van der Waals surface area contributed by atoms with E-state index < -0.39 is 0 Å². The Morgan fingerprint density at radius 1 is 1.19 bits per heavy atom. The number of nitrogens with one attached hydrogen (secondary N) is 2. The number of hydrogen-bond donors (Lipinski definition) is 2. The number of oxazole rings is 1. The average Bonchev–Trinajstić information content (AvgIpc) is 3.28. The highest BCUT2D eigenvalue weighted by Crippen LogP contribution is 2.10. The summed E-state index contributed by atoms with van der Waals surface area (Å²) in [5.41, 5.74) is 3.07. The zero-order chi connectivity index (χ0) is 18.4. The number of nitrogens with zero attached hydrogens (tertiary/aromatic N) is 4. The summed E-state index contributed by atoms with van der Waals surface area (Å²) >= 11 is 0. The van der Waals surface area contributed by atoms with E-state index in [1.165, 1.54) is 0 Å². The lowest BCUT2D eigenvalue weighted by Gasteiger charge is -2.10. The summed E-state index contributed by atoms with van der Waals surface area (Å²) < 4.78 is 7.42. The Labute approximate surface area is 153 Å². The van der Waals surface area contributed by atoms with Crippen molar-refractivity contribution in [2.75, 3.05) is 6.54 Å². The molecule has 3 aromatic rings. The van der Waals surface area contributed by atoms with E-state index in [1.54, 1.807) is 6.20 Å². The van der Waals surface area contributed by atoms with E-state index in [9.17, 15) is 0 Å². The Bertz CT molecular complexity index is 829. The van der Waals surface area contributed by atoms with Gasteiger partial charge in [0.05, 0.1) is 24.5 Å². The van der Waals surface area contributed by atoms with Crippen LogP contribution >= 0.6 is 0 Å². The summed E-state index contributed by atoms with van der Waals surface area (Å²) in [6.45, 7) is 7.76. The zero-order valence-electron chi connectivity index (χ0n) is 15.4. The van der Waals surface area contributed by atoms with Crippen LogP contribution in [0.4, 0.5) is 0 Å². The van der Waals surface area contributed by atoms with Crippen LogP contribution in [-0.2, 0) is 13.1 Å². The molecule has 2 aromatic heterocycles. The monoisotopic (exact) mass is 352 g/mol. The van der Waals surface area contributed by atoms with Crippen molar-refractivity contribution in [2.24, 2.45) is 4.99 Å². The third-order valence-corrected chi connectivity index (χ3v) is 3.95. The standard InChI is InChI=1S/C19H24N6O/c1-4-20-19(22-13-18-24-14(2)15(3)26-18)21-12-16-6-8-17(9-7-16)25-11-5-10-23-25/h5-11H,4,12-13H2,1-3H3,(H2,20,21,22). The molecule has 0 aliphatic carbocycles. The first-order valence-corrected chi connectivity index (χ1v) is 8.69. The van der Waals surface area contributed by atoms with E-state index >= 15 is 0 Å². The minimum atomic E-state index is 0.499. The highest BCUT2D eigenvalue weighted by Gasteiger charge is 2.06. The normalized spacial score (nSPS) is 11.6. The van der Waals surface area contributed by atoms with Crippen LogP contribution in [0, 0.1) is 13.8 Å². The van der Waals surface area contributed by atoms with E-state index in [4.69, 9.17) is 4.42 Å². The van der Waals surface area contributed by atoms with Gasteiger partial charge < -0.3 is 15.1 Å². The van der Waals surface area contributed by atoms with Crippen molar-refractivity contribution in [1.82, 2.24) is 25.4 Å². The third-order valence-electron chi connectivity index (χ3n) is 3.95. The smallest absolute Gasteiger partial charge is 0.214 e. The molecule has 2 N–H and O–H groups in total. The molecule has 0 spiro atoms. The van der Waals surface area contributed by atoms with Gasteiger partial charge in [-0.25, -0.2) is 14.7 Å². The van der Waals surface area contributed by atoms with Gasteiger partial charge in [-0.15, -0.1) is 0 Å². The number of hydrogen-bond acceptors (Lipinski definition) is 4. The van der Waals surface area contributed by atoms with Crippen LogP contribution in [0.5, 0.6) is 0 Å². The molecule has 0 bridgehead atoms. The van der Waals surface area contributed by atoms with Crippen LogP contribution in [0.15, 0.2) is 52.1 Å². The molecular weight excluding hydrogens is 328 g/mol. The first kappa shape index (κ1) is 17.7. The van der Waals surface area contributed by atoms with Gasteiger partial charge in [-0.1, -0.05) is 12.1 Å². The maximum Gasteiger partial charge on any atom is 0.214 e. The van der Waals surface area contributed by atoms with Gasteiger partial charge in [0, 0.05) is 18.9 Å². The van der Waals surface area contributed by atoms with Crippen LogP contribution < -0.4 is 10.6 Å². The topological polar surface area (TPSA) is 80.3 Å². The minimum Gasteiger partial charge on any atom is -0.444 e. The molecule has 0 aliphatic heterocycles. The van der Waals surface area contributed by atoms with Gasteiger partial charge >= 0.3 is 0 Å². The van der Waals surface area contributed by atoms with Crippen LogP contribution in [0.3, 0.4) is 0 Å². The quantitative estimate of drug-likeness (QED) is 0.527. The summed E-state index contributed by atoms with van der Waals surface area (Å²) in [4.78, 5) is 9.00. The summed E-state index contributed by atoms with van der Waals surface area (Å²) in [6.07, 6.45) is 3.69. The first-order chi connectivity index (χ1) is 12.7. The zero-order valence-corrected chi connectivity index (χ0v) is 15.4. The fourth-order valence-corrected chi connectivity index (χ4v) is 2.46. The Balaban J connectivity index is 1.61. The molecule has 0 saturated heterocycles. The van der Waals surface area contributed by atoms with Crippen molar-refractivity contribution in [3.05, 3.63) is 65.6 Å². The highest BCUT2D eigenvalue weighted by atomic mass is 16.4. The molecule has 0 amide bonds. The molecule has 0 aliphatic rings. The van der Waals surface area contributed by atoms with Gasteiger partial charge in [0.25, 0.3) is 0 Å². The molecule has 1 aromatic carbocycles. The number of benzene rings is 1. The molecule has 0 radical (unpaired) electrons. The second-order valence-corrected chi connectivity index (χ2v) is 5.91. The number of rotatable bonds is 6. The molecular formula is C19H24N6O. The van der Waals surface area contributed by atoms with Gasteiger partial charge in [-0.3, -0.25) is 0 Å². The number of guanidine groups is 1. The lowest BCUT2D eigenvalue weighted by Crippen LogP contribution is -2.36. The average molecular weight is 352 g/mol. The summed E-state index contributed by atoms with van der Waals surface area (Å²) in [5, 5.41) is 10.7. The van der Waals surface area contributed by atoms with Gasteiger partial charge in [-0.05, 0) is 44.5 Å². The Morgan fingerprint density at radius 3 is 2.62 bits per heavy atom. The molecule has 136 valence electrons. The van der Waals surface area contributed by atoms with Crippen LogP contribution in [0.1, 0.15) is 29.8 Å². The minimum absolute atomic E-state index is 0.499. The van der Waals surface area contributed by atoms with E-state index in [0.717, 1.165) is 35.2 Å². The Hall–Kier alpha value is -3.09. The largest absolute Gasteiger partial charge is 0.444 e. The van der Waals surface area contributed by atoms with Gasteiger partial charge in [-0.2, -0.15) is 5.10 Å². The molecule has 2 heterocycles. The predicted octanol–water partition coefficient (Wildman–Crippen LogP) is 2.73. The summed E-state index contributed by atoms with van der Waals surface area (Å²) in [5.74, 6) is 2.24. The van der Waals surface area contributed by atoms with E-state index in [-0.39, 0.29) is 0 Å². The fraction of sp³-hybridized carbons (Fsp3) is 0.316. The molecule has 0 saturated carbocycles. The predicted molar refractivity (Wildman–Crippen MR) is 101 cm³/mol. The number of aliphatic imine (C=N–C) groups is 1. The molecule has 0 fully saturated rings. The lowest BCUT2D eigenvalue weighted by molar-refractivity contribution is 0.463. The van der Waals surface area contributed by atoms with Crippen LogP contribution in [0.25, 0.3) is 5.69 Å². The SMILES string of the molecule is CCNC(=NCc1ccc(-n2cccn2)cc1)NCc1nc(C)c(C)o1. The highest BCUT2D eigenvalue weighted by molar-refractivity contribution is 5.79. The van der Waals surface area contributed by atoms with Crippen LogP contribution in [0.2, 0.25) is 0 Å². The molecule has 26 heavy (non-hydrogen) atoms. The second-order valence-electron chi connectivity index (χ2n) is 5.91. The Kier molecular flexibility index (Phi) is 5.68. The Morgan fingerprint density at radius 2 is 2.00 bits per heavy atom. The van der Waals surface area contributed by atoms with Gasteiger partial charge in [0.2, 0.25) is 5.89 Å². The summed E-state index contributed by atoms with van der Waals surface area (Å²) in [6, 6.07) is 10.1. The first-order valence-electron chi connectivity index (χ1n) is 8.69. The number of aryl methyl sites for hydroxylation is 2. The maximum absolute atomic E-state index is 5.59. The van der Waals surface area contributed by atoms with Crippen molar-refractivity contribution < 1.29 is 4.42 Å². The van der Waals surface area contributed by atoms with E-state index in [2.05, 4.69) is 37.8 Å². The van der Waals surface area contributed by atoms with Crippen molar-refractivity contribution >= 4 is 5.96 Å². The molecule has 7 heteroatoms. The molecule has 3 rings (SSSR count). The maximum atomic E-state index is 5.59. The van der Waals surface area contributed by atoms with E-state index in [0.29, 0.717) is 19.0 Å². The van der Waals surface area contributed by atoms with Crippen molar-refractivity contribution in [2.45, 2.75) is 33.9 Å². The van der Waals surface area contributed by atoms with Crippen molar-refractivity contribution in [3.63, 3.8) is 0 Å². The van der Waals surface area contributed by atoms with Crippen LogP contribution in [-0.4, -0.2) is 27.3 Å². The second kappa shape index (κ2) is 8.33. The fourth-order valence-electron chi connectivity index (χ4n) is 2.46. The lowest BCUT2D eigenvalue weighted by atomic mass is 10.2. The molecule has 0 unspecified atom stereocenters. The van der Waals surface area contributed by atoms with Gasteiger partial charge in [0.15, 0.2) is 5.96 Å². The summed E-state index contributed by atoms with van der Waals surface area (Å²) in [7, 11) is 0.